The molecule has 0 radical (unpaired) electrons. The van der Waals surface area contributed by atoms with Crippen molar-refractivity contribution in [1.29, 1.82) is 0 Å². The van der Waals surface area contributed by atoms with Crippen molar-refractivity contribution in [3.05, 3.63) is 0 Å². The molecule has 0 saturated heterocycles. The van der Waals surface area contributed by atoms with E-state index in [0.29, 0.717) is 0 Å². The largest absolute Gasteiger partial charge is 0.481 e. The summed E-state index contributed by atoms with van der Waals surface area (Å²) in [6, 6.07) is 0. The molecule has 0 aromatic carbocycles. The van der Waals surface area contributed by atoms with Gasteiger partial charge in [0.15, 0.2) is 0 Å². The average Bonchev–Trinajstić information content (AvgIpc) is 1.65. The molecule has 0 unspecified atom stereocenters. The van der Waals surface area contributed by atoms with Crippen LogP contribution in [0.1, 0.15) is 20.8 Å². The Hall–Kier alpha value is -0.570. The van der Waals surface area contributed by atoms with E-state index in [1.165, 1.54) is 20.8 Å². The number of hydrogen-bond acceptors (Lipinski definition) is 2. The standard InChI is InChI=1S/C6H12O3/c1-4(7)6(2,3)5(8)9/h4,7H,1-3H3,(H,8,9)/t4-/m1/s1. The topological polar surface area (TPSA) is 57.5 Å². The maximum absolute atomic E-state index is 10.3. The fourth-order valence-electron chi connectivity index (χ4n) is 0.179. The summed E-state index contributed by atoms with van der Waals surface area (Å²) in [5.41, 5.74) is -1.03. The molecule has 0 rings (SSSR count). The van der Waals surface area contributed by atoms with Crippen molar-refractivity contribution < 1.29 is 15.0 Å². The highest BCUT2D eigenvalue weighted by atomic mass is 16.4. The SMILES string of the molecule is C[C@@H](O)C(C)(C)C(=O)O. The van der Waals surface area contributed by atoms with Crippen molar-refractivity contribution >= 4 is 5.97 Å². The molecule has 2 N–H and O–H groups in total. The van der Waals surface area contributed by atoms with E-state index in [4.69, 9.17) is 10.2 Å². The molecule has 0 aliphatic carbocycles. The van der Waals surface area contributed by atoms with E-state index >= 15 is 0 Å². The van der Waals surface area contributed by atoms with Gasteiger partial charge < -0.3 is 10.2 Å². The van der Waals surface area contributed by atoms with Gasteiger partial charge in [-0.25, -0.2) is 0 Å². The normalized spacial score (nSPS) is 15.1. The Labute approximate surface area is 54.3 Å². The third-order valence-corrected chi connectivity index (χ3v) is 1.60. The second-order valence-corrected chi connectivity index (χ2v) is 2.70. The van der Waals surface area contributed by atoms with Gasteiger partial charge in [0.2, 0.25) is 0 Å². The first kappa shape index (κ1) is 8.43. The van der Waals surface area contributed by atoms with E-state index in [0.717, 1.165) is 0 Å². The predicted molar refractivity (Wildman–Crippen MR) is 33.1 cm³/mol. The van der Waals surface area contributed by atoms with E-state index in [2.05, 4.69) is 0 Å². The number of carbonyl (C=O) groups is 1. The lowest BCUT2D eigenvalue weighted by Gasteiger charge is -2.21. The summed E-state index contributed by atoms with van der Waals surface area (Å²) in [6.07, 6.45) is -0.810. The van der Waals surface area contributed by atoms with Crippen molar-refractivity contribution in [2.24, 2.45) is 5.41 Å². The van der Waals surface area contributed by atoms with Gasteiger partial charge in [-0.2, -0.15) is 0 Å². The van der Waals surface area contributed by atoms with Gasteiger partial charge in [0.25, 0.3) is 0 Å². The Morgan fingerprint density at radius 1 is 1.56 bits per heavy atom. The van der Waals surface area contributed by atoms with Crippen LogP contribution in [0, 0.1) is 5.41 Å². The minimum absolute atomic E-state index is 0.810. The van der Waals surface area contributed by atoms with Crippen LogP contribution < -0.4 is 0 Å². The average molecular weight is 132 g/mol. The number of carboxylic acids is 1. The molecule has 0 amide bonds. The summed E-state index contributed by atoms with van der Waals surface area (Å²) < 4.78 is 0. The van der Waals surface area contributed by atoms with Crippen LogP contribution in [0.4, 0.5) is 0 Å². The molecule has 0 saturated carbocycles. The molecule has 3 nitrogen and oxygen atoms in total. The van der Waals surface area contributed by atoms with Crippen molar-refractivity contribution in [2.75, 3.05) is 0 Å². The summed E-state index contributed by atoms with van der Waals surface area (Å²) in [7, 11) is 0. The number of aliphatic hydroxyl groups is 1. The quantitative estimate of drug-likeness (QED) is 0.574. The summed E-state index contributed by atoms with van der Waals surface area (Å²) in [6.45, 7) is 4.44. The Morgan fingerprint density at radius 3 is 1.89 bits per heavy atom. The van der Waals surface area contributed by atoms with Crippen LogP contribution in [0.3, 0.4) is 0 Å². The molecule has 0 bridgehead atoms. The smallest absolute Gasteiger partial charge is 0.311 e. The van der Waals surface area contributed by atoms with Gasteiger partial charge in [-0.15, -0.1) is 0 Å². The number of rotatable bonds is 2. The van der Waals surface area contributed by atoms with Crippen LogP contribution in [-0.2, 0) is 4.79 Å². The zero-order chi connectivity index (χ0) is 7.65. The van der Waals surface area contributed by atoms with Gasteiger partial charge in [-0.05, 0) is 20.8 Å². The fourth-order valence-corrected chi connectivity index (χ4v) is 0.179. The number of aliphatic hydroxyl groups excluding tert-OH is 1. The lowest BCUT2D eigenvalue weighted by Crippen LogP contribution is -2.34. The van der Waals surface area contributed by atoms with Crippen molar-refractivity contribution in [3.8, 4) is 0 Å². The van der Waals surface area contributed by atoms with Crippen LogP contribution in [-0.4, -0.2) is 22.3 Å². The molecular weight excluding hydrogens is 120 g/mol. The first-order chi connectivity index (χ1) is 3.89. The first-order valence-corrected chi connectivity index (χ1v) is 2.80. The van der Waals surface area contributed by atoms with Crippen LogP contribution in [0.25, 0.3) is 0 Å². The summed E-state index contributed by atoms with van der Waals surface area (Å²) in [4.78, 5) is 10.3. The van der Waals surface area contributed by atoms with Crippen LogP contribution in [0.2, 0.25) is 0 Å². The summed E-state index contributed by atoms with van der Waals surface area (Å²) in [5, 5.41) is 17.3. The van der Waals surface area contributed by atoms with E-state index < -0.39 is 17.5 Å². The van der Waals surface area contributed by atoms with Crippen molar-refractivity contribution in [3.63, 3.8) is 0 Å². The molecule has 54 valence electrons. The molecule has 0 fully saturated rings. The third kappa shape index (κ3) is 1.68. The fraction of sp³-hybridized carbons (Fsp3) is 0.833. The highest BCUT2D eigenvalue weighted by Gasteiger charge is 2.32. The van der Waals surface area contributed by atoms with E-state index in [9.17, 15) is 4.79 Å². The lowest BCUT2D eigenvalue weighted by molar-refractivity contribution is -0.152. The molecular formula is C6H12O3. The van der Waals surface area contributed by atoms with Crippen molar-refractivity contribution in [2.45, 2.75) is 26.9 Å². The monoisotopic (exact) mass is 132 g/mol. The number of hydrogen-bond donors (Lipinski definition) is 2. The first-order valence-electron chi connectivity index (χ1n) is 2.80. The van der Waals surface area contributed by atoms with Gasteiger partial charge in [-0.1, -0.05) is 0 Å². The molecule has 9 heavy (non-hydrogen) atoms. The number of carboxylic acid groups (broad SMARTS) is 1. The zero-order valence-corrected chi connectivity index (χ0v) is 5.88. The Kier molecular flexibility index (Phi) is 2.20. The van der Waals surface area contributed by atoms with Gasteiger partial charge in [0.1, 0.15) is 0 Å². The van der Waals surface area contributed by atoms with E-state index in [1.54, 1.807) is 0 Å². The highest BCUT2D eigenvalue weighted by molar-refractivity contribution is 5.74. The molecule has 0 aliphatic heterocycles. The molecule has 0 aliphatic rings. The Bertz CT molecular complexity index is 115. The molecule has 0 aromatic rings. The molecule has 0 spiro atoms. The van der Waals surface area contributed by atoms with Gasteiger partial charge in [0.05, 0.1) is 11.5 Å². The predicted octanol–water partition coefficient (Wildman–Crippen LogP) is 0.478. The third-order valence-electron chi connectivity index (χ3n) is 1.60. The molecule has 1 atom stereocenters. The lowest BCUT2D eigenvalue weighted by atomic mass is 9.88. The highest BCUT2D eigenvalue weighted by Crippen LogP contribution is 2.19. The van der Waals surface area contributed by atoms with Gasteiger partial charge in [0, 0.05) is 0 Å². The Balaban J connectivity index is 4.19. The van der Waals surface area contributed by atoms with Crippen molar-refractivity contribution in [1.82, 2.24) is 0 Å². The molecule has 3 heteroatoms. The molecule has 0 heterocycles. The minimum Gasteiger partial charge on any atom is -0.481 e. The molecule has 0 aromatic heterocycles. The summed E-state index contributed by atoms with van der Waals surface area (Å²) in [5.74, 6) is -0.975. The van der Waals surface area contributed by atoms with E-state index in [-0.39, 0.29) is 0 Å². The van der Waals surface area contributed by atoms with Gasteiger partial charge >= 0.3 is 5.97 Å². The Morgan fingerprint density at radius 2 is 1.89 bits per heavy atom. The van der Waals surface area contributed by atoms with E-state index in [1.807, 2.05) is 0 Å². The summed E-state index contributed by atoms with van der Waals surface area (Å²) >= 11 is 0. The second kappa shape index (κ2) is 2.35. The van der Waals surface area contributed by atoms with Gasteiger partial charge in [-0.3, -0.25) is 4.79 Å². The van der Waals surface area contributed by atoms with Crippen LogP contribution in [0.15, 0.2) is 0 Å². The maximum atomic E-state index is 10.3. The van der Waals surface area contributed by atoms with Crippen LogP contribution >= 0.6 is 0 Å². The second-order valence-electron chi connectivity index (χ2n) is 2.70. The zero-order valence-electron chi connectivity index (χ0n) is 5.88. The number of aliphatic carboxylic acids is 1. The maximum Gasteiger partial charge on any atom is 0.311 e. The van der Waals surface area contributed by atoms with Crippen LogP contribution in [0.5, 0.6) is 0 Å². The minimum atomic E-state index is -1.03.